The first-order valence-corrected chi connectivity index (χ1v) is 15.0. The lowest BCUT2D eigenvalue weighted by atomic mass is 9.87. The maximum Gasteiger partial charge on any atom is 0.305 e. The van der Waals surface area contributed by atoms with E-state index in [9.17, 15) is 18.4 Å². The molecule has 5 nitrogen and oxygen atoms in total. The third-order valence-corrected chi connectivity index (χ3v) is 8.25. The minimum atomic E-state index is -2.21. The van der Waals surface area contributed by atoms with Crippen molar-refractivity contribution < 1.29 is 27.8 Å². The van der Waals surface area contributed by atoms with E-state index in [1.54, 1.807) is 7.11 Å². The molecule has 1 atom stereocenters. The monoisotopic (exact) mass is 489 g/mol. The summed E-state index contributed by atoms with van der Waals surface area (Å²) in [5.74, 6) is -0.867. The minimum absolute atomic E-state index is 0.0799. The zero-order valence-corrected chi connectivity index (χ0v) is 21.5. The summed E-state index contributed by atoms with van der Waals surface area (Å²) in [6, 6.07) is 7.68. The van der Waals surface area contributed by atoms with Gasteiger partial charge in [-0.1, -0.05) is 25.7 Å². The van der Waals surface area contributed by atoms with Gasteiger partial charge < -0.3 is 9.47 Å². The van der Waals surface area contributed by atoms with Gasteiger partial charge >= 0.3 is 5.97 Å². The molecule has 2 aromatic rings. The van der Waals surface area contributed by atoms with Crippen molar-refractivity contribution in [3.05, 3.63) is 58.7 Å². The number of halogens is 2. The molecule has 0 spiro atoms. The highest BCUT2D eigenvalue weighted by Gasteiger charge is 2.33. The molecular formula is C26H33F2NO4Si. The second-order valence-corrected chi connectivity index (χ2v) is 14.8. The number of hydrogen-bond acceptors (Lipinski definition) is 5. The van der Waals surface area contributed by atoms with Crippen LogP contribution < -0.4 is 9.92 Å². The number of carbonyl (C=O) groups excluding carboxylic acids is 2. The number of hydrogen-bond donors (Lipinski definition) is 0. The predicted octanol–water partition coefficient (Wildman–Crippen LogP) is 4.18. The number of rotatable bonds is 9. The topological polar surface area (TPSA) is 55.8 Å². The molecule has 184 valence electrons. The van der Waals surface area contributed by atoms with Crippen LogP contribution in [0.4, 0.5) is 8.78 Å². The average Bonchev–Trinajstić information content (AvgIpc) is 2.76. The number of esters is 1. The molecule has 2 aromatic carbocycles. The van der Waals surface area contributed by atoms with Crippen molar-refractivity contribution in [1.82, 2.24) is 4.90 Å². The van der Waals surface area contributed by atoms with Crippen LogP contribution in [-0.2, 0) is 27.2 Å². The molecule has 0 unspecified atom stereocenters. The summed E-state index contributed by atoms with van der Waals surface area (Å²) in [4.78, 5) is 27.1. The number of Topliss-reactive ketones (excluding diaryl/α,β-unsaturated/α-hetero) is 1. The number of ketones is 1. The molecule has 3 rings (SSSR count). The first-order chi connectivity index (χ1) is 16.0. The first-order valence-electron chi connectivity index (χ1n) is 11.5. The molecular weight excluding hydrogens is 456 g/mol. The summed E-state index contributed by atoms with van der Waals surface area (Å²) >= 11 is 0. The van der Waals surface area contributed by atoms with Gasteiger partial charge in [-0.3, -0.25) is 14.5 Å². The van der Waals surface area contributed by atoms with Crippen LogP contribution in [0.15, 0.2) is 30.3 Å². The maximum absolute atomic E-state index is 14.8. The lowest BCUT2D eigenvalue weighted by Gasteiger charge is -2.36. The average molecular weight is 490 g/mol. The molecule has 0 saturated heterocycles. The standard InChI is InChI=1S/C26H33F2NO4Si/c1-32-19-8-9-20-18(16-19)10-12-29(11-6-7-24(31)33-2)25(20)23(30)15-17-13-21(27)26(22(28)14-17)34(3,4)5/h8-9,13-14,16,25H,6-7,10-12,15H2,1-5H3/t25-/m1/s1. The van der Waals surface area contributed by atoms with Gasteiger partial charge in [0.25, 0.3) is 0 Å². The van der Waals surface area contributed by atoms with Gasteiger partial charge in [-0.25, -0.2) is 8.78 Å². The quantitative estimate of drug-likeness (QED) is 0.391. The molecule has 8 heteroatoms. The van der Waals surface area contributed by atoms with Gasteiger partial charge in [-0.15, -0.1) is 0 Å². The molecule has 0 aliphatic carbocycles. The number of carbonyl (C=O) groups is 2. The van der Waals surface area contributed by atoms with Crippen molar-refractivity contribution in [2.24, 2.45) is 0 Å². The Morgan fingerprint density at radius 1 is 1.09 bits per heavy atom. The van der Waals surface area contributed by atoms with Crippen molar-refractivity contribution in [2.75, 3.05) is 27.3 Å². The summed E-state index contributed by atoms with van der Waals surface area (Å²) in [6.07, 6.45) is 1.47. The predicted molar refractivity (Wildman–Crippen MR) is 130 cm³/mol. The zero-order valence-electron chi connectivity index (χ0n) is 20.5. The van der Waals surface area contributed by atoms with Gasteiger partial charge in [0.05, 0.1) is 28.3 Å². The molecule has 0 bridgehead atoms. The smallest absolute Gasteiger partial charge is 0.305 e. The summed E-state index contributed by atoms with van der Waals surface area (Å²) in [5, 5.41) is 0.156. The zero-order chi connectivity index (χ0) is 25.0. The van der Waals surface area contributed by atoms with Crippen LogP contribution in [0.5, 0.6) is 5.75 Å². The van der Waals surface area contributed by atoms with Gasteiger partial charge in [0, 0.05) is 24.6 Å². The van der Waals surface area contributed by atoms with Crippen molar-refractivity contribution >= 4 is 25.0 Å². The molecule has 34 heavy (non-hydrogen) atoms. The summed E-state index contributed by atoms with van der Waals surface area (Å²) < 4.78 is 39.6. The fourth-order valence-electron chi connectivity index (χ4n) is 4.67. The van der Waals surface area contributed by atoms with Crippen LogP contribution >= 0.6 is 0 Å². The van der Waals surface area contributed by atoms with Crippen LogP contribution in [0, 0.1) is 11.6 Å². The molecule has 0 N–H and O–H groups in total. The van der Waals surface area contributed by atoms with Crippen LogP contribution in [0.1, 0.15) is 35.6 Å². The second-order valence-electron chi connectivity index (χ2n) is 9.76. The van der Waals surface area contributed by atoms with Crippen molar-refractivity contribution in [2.45, 2.75) is 51.4 Å². The van der Waals surface area contributed by atoms with Gasteiger partial charge in [-0.2, -0.15) is 0 Å². The third kappa shape index (κ3) is 5.91. The third-order valence-electron chi connectivity index (χ3n) is 6.27. The van der Waals surface area contributed by atoms with Gasteiger partial charge in [0.1, 0.15) is 17.4 Å². The molecule has 0 saturated carbocycles. The Morgan fingerprint density at radius 2 is 1.76 bits per heavy atom. The molecule has 1 aliphatic rings. The molecule has 0 amide bonds. The van der Waals surface area contributed by atoms with E-state index < -0.39 is 25.8 Å². The van der Waals surface area contributed by atoms with Crippen molar-refractivity contribution in [1.29, 1.82) is 0 Å². The largest absolute Gasteiger partial charge is 0.497 e. The van der Waals surface area contributed by atoms with Crippen LogP contribution in [-0.4, -0.2) is 52.0 Å². The van der Waals surface area contributed by atoms with Crippen molar-refractivity contribution in [3.63, 3.8) is 0 Å². The second kappa shape index (κ2) is 10.8. The maximum atomic E-state index is 14.8. The summed E-state index contributed by atoms with van der Waals surface area (Å²) in [7, 11) is 0.743. The number of benzene rings is 2. The lowest BCUT2D eigenvalue weighted by molar-refractivity contribution is -0.140. The Labute approximate surface area is 201 Å². The molecule has 1 aliphatic heterocycles. The van der Waals surface area contributed by atoms with Crippen molar-refractivity contribution in [3.8, 4) is 5.75 Å². The van der Waals surface area contributed by atoms with Gasteiger partial charge in [-0.05, 0) is 60.3 Å². The molecule has 0 aromatic heterocycles. The van der Waals surface area contributed by atoms with E-state index in [2.05, 4.69) is 0 Å². The van der Waals surface area contributed by atoms with Crippen LogP contribution in [0.2, 0.25) is 19.6 Å². The molecule has 0 fully saturated rings. The highest BCUT2D eigenvalue weighted by molar-refractivity contribution is 6.88. The van der Waals surface area contributed by atoms with E-state index in [4.69, 9.17) is 9.47 Å². The lowest BCUT2D eigenvalue weighted by Crippen LogP contribution is -2.43. The number of methoxy groups -OCH3 is 2. The highest BCUT2D eigenvalue weighted by Crippen LogP contribution is 2.34. The Hall–Kier alpha value is -2.58. The van der Waals surface area contributed by atoms with E-state index in [0.717, 1.165) is 23.3 Å². The Morgan fingerprint density at radius 3 is 2.35 bits per heavy atom. The minimum Gasteiger partial charge on any atom is -0.497 e. The SMILES string of the molecule is COC(=O)CCCN1CCc2cc(OC)ccc2[C@@H]1C(=O)Cc1cc(F)c([Si](C)(C)C)c(F)c1. The number of ether oxygens (including phenoxy) is 2. The van der Waals surface area contributed by atoms with E-state index in [1.165, 1.54) is 19.2 Å². The fraction of sp³-hybridized carbons (Fsp3) is 0.462. The van der Waals surface area contributed by atoms with Gasteiger partial charge in [0.15, 0.2) is 5.78 Å². The first kappa shape index (κ1) is 26.0. The van der Waals surface area contributed by atoms with Crippen LogP contribution in [0.25, 0.3) is 0 Å². The Kier molecular flexibility index (Phi) is 8.25. The number of nitrogens with zero attached hydrogens (tertiary/aromatic N) is 1. The van der Waals surface area contributed by atoms with Crippen LogP contribution in [0.3, 0.4) is 0 Å². The normalized spacial score (nSPS) is 16.1. The van der Waals surface area contributed by atoms with E-state index in [1.807, 2.05) is 42.7 Å². The fourth-order valence-corrected chi connectivity index (χ4v) is 6.25. The summed E-state index contributed by atoms with van der Waals surface area (Å²) in [5.41, 5.74) is 2.22. The Bertz CT molecular complexity index is 1040. The number of fused-ring (bicyclic) bond motifs is 1. The molecule has 1 heterocycles. The highest BCUT2D eigenvalue weighted by atomic mass is 28.3. The Balaban J connectivity index is 1.89. The van der Waals surface area contributed by atoms with E-state index in [0.29, 0.717) is 25.1 Å². The van der Waals surface area contributed by atoms with E-state index in [-0.39, 0.29) is 29.8 Å². The van der Waals surface area contributed by atoms with Gasteiger partial charge in [0.2, 0.25) is 0 Å². The van der Waals surface area contributed by atoms with E-state index >= 15 is 0 Å². The molecule has 0 radical (unpaired) electrons. The summed E-state index contributed by atoms with van der Waals surface area (Å²) in [6.45, 7) is 6.83.